The molecule has 1 unspecified atom stereocenters. The van der Waals surface area contributed by atoms with Crippen molar-refractivity contribution in [3.05, 3.63) is 36.5 Å². The molecule has 1 saturated carbocycles. The Hall–Kier alpha value is -2.05. The summed E-state index contributed by atoms with van der Waals surface area (Å²) in [5.41, 5.74) is 0. The van der Waals surface area contributed by atoms with Gasteiger partial charge in [-0.2, -0.15) is 0 Å². The van der Waals surface area contributed by atoms with Crippen molar-refractivity contribution in [1.82, 2.24) is 0 Å². The number of phosphoric acid groups is 1. The van der Waals surface area contributed by atoms with Crippen molar-refractivity contribution >= 4 is 19.8 Å². The topological polar surface area (TPSA) is 270 Å². The van der Waals surface area contributed by atoms with E-state index in [2.05, 4.69) is 31.2 Å². The van der Waals surface area contributed by atoms with Gasteiger partial charge in [0.25, 0.3) is 0 Å². The van der Waals surface area contributed by atoms with Gasteiger partial charge < -0.3 is 55.2 Å². The van der Waals surface area contributed by atoms with Crippen LogP contribution in [0, 0.1) is 11.8 Å². The van der Waals surface area contributed by atoms with Crippen LogP contribution in [-0.2, 0) is 32.7 Å². The molecule has 384 valence electrons. The van der Waals surface area contributed by atoms with E-state index >= 15 is 0 Å². The van der Waals surface area contributed by atoms with Gasteiger partial charge >= 0.3 is 19.8 Å². The zero-order valence-electron chi connectivity index (χ0n) is 39.8. The Morgan fingerprint density at radius 3 is 2.03 bits per heavy atom. The molecule has 2 fully saturated rings. The average molecular weight is 963 g/mol. The van der Waals surface area contributed by atoms with E-state index in [-0.39, 0.29) is 19.3 Å². The van der Waals surface area contributed by atoms with E-state index in [1.54, 1.807) is 0 Å². The Bertz CT molecular complexity index is 1430. The van der Waals surface area contributed by atoms with E-state index in [0.29, 0.717) is 44.9 Å². The zero-order valence-corrected chi connectivity index (χ0v) is 40.7. The number of ether oxygens (including phenoxy) is 2. The molecule has 66 heavy (non-hydrogen) atoms. The highest BCUT2D eigenvalue weighted by atomic mass is 31.2. The number of aliphatic hydroxyl groups excluding tert-OH is 8. The van der Waals surface area contributed by atoms with E-state index in [4.69, 9.17) is 18.5 Å². The largest absolute Gasteiger partial charge is 0.472 e. The molecule has 0 aromatic carbocycles. The van der Waals surface area contributed by atoms with Crippen molar-refractivity contribution in [2.24, 2.45) is 11.8 Å². The van der Waals surface area contributed by atoms with Crippen LogP contribution in [0.4, 0.5) is 0 Å². The van der Waals surface area contributed by atoms with Crippen LogP contribution >= 0.6 is 7.82 Å². The minimum absolute atomic E-state index is 0.0502. The maximum absolute atomic E-state index is 13.5. The van der Waals surface area contributed by atoms with Gasteiger partial charge in [0.1, 0.15) is 31.0 Å². The lowest BCUT2D eigenvalue weighted by Gasteiger charge is -2.37. The molecule has 9 N–H and O–H groups in total. The summed E-state index contributed by atoms with van der Waals surface area (Å²) >= 11 is 0. The predicted molar refractivity (Wildman–Crippen MR) is 251 cm³/mol. The molecular formula is C49H87O16P. The van der Waals surface area contributed by atoms with Crippen LogP contribution in [0.2, 0.25) is 0 Å². The second-order valence-electron chi connectivity index (χ2n) is 18.3. The van der Waals surface area contributed by atoms with Crippen molar-refractivity contribution in [3.8, 4) is 0 Å². The number of phosphoric ester groups is 1. The maximum Gasteiger partial charge on any atom is 0.472 e. The summed E-state index contributed by atoms with van der Waals surface area (Å²) in [5, 5.41) is 90.1. The van der Waals surface area contributed by atoms with Crippen LogP contribution in [0.1, 0.15) is 174 Å². The summed E-state index contributed by atoms with van der Waals surface area (Å²) in [5.74, 6) is -3.88. The fraction of sp³-hybridized carbons (Fsp3) is 0.837. The molecule has 2 rings (SSSR count). The molecule has 1 aliphatic carbocycles. The van der Waals surface area contributed by atoms with E-state index in [1.165, 1.54) is 31.4 Å². The molecule has 0 radical (unpaired) electrons. The number of unbranched alkanes of at least 4 members (excludes halogenated alkanes) is 12. The van der Waals surface area contributed by atoms with Crippen LogP contribution < -0.4 is 0 Å². The predicted octanol–water partition coefficient (Wildman–Crippen LogP) is 6.55. The molecule has 2 bridgehead atoms. The Kier molecular flexibility index (Phi) is 32.0. The van der Waals surface area contributed by atoms with Crippen LogP contribution in [-0.4, -0.2) is 132 Å². The van der Waals surface area contributed by atoms with Crippen molar-refractivity contribution in [1.29, 1.82) is 0 Å². The first kappa shape index (κ1) is 60.1. The molecule has 0 spiro atoms. The van der Waals surface area contributed by atoms with E-state index in [0.717, 1.165) is 70.6 Å². The fourth-order valence-electron chi connectivity index (χ4n) is 8.41. The SMILES string of the molecule is CCCCC/C=C\C/C=C\CCCCCCCCCC(=O)OC[C@@H]1COP(=O)(O)O[C@H]2[C@H](O)[C@@H](O)[C@H](O)[C@@H](CCCCCCC(=O)O1)[C@@H](O)C[C@@H](O)[C@H](/C=C/[C@@H](O)CCCCC)[C@@H](O)[C@H]2O. The fourth-order valence-corrected chi connectivity index (χ4v) is 9.38. The third kappa shape index (κ3) is 25.0. The van der Waals surface area contributed by atoms with Crippen molar-refractivity contribution in [2.75, 3.05) is 13.2 Å². The Morgan fingerprint density at radius 1 is 0.742 bits per heavy atom. The summed E-state index contributed by atoms with van der Waals surface area (Å²) in [7, 11) is -5.43. The average Bonchev–Trinajstić information content (AvgIpc) is 3.28. The van der Waals surface area contributed by atoms with Gasteiger partial charge in [-0.05, 0) is 57.8 Å². The van der Waals surface area contributed by atoms with E-state index < -0.39 is 112 Å². The van der Waals surface area contributed by atoms with Gasteiger partial charge in [0.05, 0.1) is 37.1 Å². The smallest absolute Gasteiger partial charge is 0.462 e. The monoisotopic (exact) mass is 963 g/mol. The third-order valence-corrected chi connectivity index (χ3v) is 13.5. The number of rotatable bonds is 24. The lowest BCUT2D eigenvalue weighted by atomic mass is 9.82. The highest BCUT2D eigenvalue weighted by molar-refractivity contribution is 7.47. The standard InChI is InChI=1S/C49H87O16P/c1-3-5-7-8-9-10-11-12-13-14-15-16-17-18-19-20-25-29-42(53)62-34-37-35-63-66(60,61)65-49-47(58)45(56)39(32-31-36(50)27-23-6-4-2)41(52)33-40(51)38(44(55)46(57)48(49)59)28-24-21-22-26-30-43(54)64-37/h9-10,12-13,31-32,36-41,44-52,55-59H,3-8,11,14-30,33-35H2,1-2H3,(H,60,61)/b10-9-,13-12-,32-31+/t36-,37+,38-,39-,40-,41+,44+,45+,46-,47+,48+,49+/m0/s1. The summed E-state index contributed by atoms with van der Waals surface area (Å²) in [4.78, 5) is 36.5. The Labute approximate surface area is 394 Å². The second kappa shape index (κ2) is 35.1. The number of allylic oxidation sites excluding steroid dienone is 4. The van der Waals surface area contributed by atoms with Gasteiger partial charge in [-0.1, -0.05) is 134 Å². The molecule has 1 saturated heterocycles. The maximum atomic E-state index is 13.5. The lowest BCUT2D eigenvalue weighted by molar-refractivity contribution is -0.167. The first-order valence-corrected chi connectivity index (χ1v) is 26.5. The number of fused-ring (bicyclic) bond motifs is 4. The molecule has 17 heteroatoms. The van der Waals surface area contributed by atoms with Crippen molar-refractivity contribution in [3.63, 3.8) is 0 Å². The summed E-state index contributed by atoms with van der Waals surface area (Å²) in [6, 6.07) is 0. The molecule has 2 aliphatic rings. The molecule has 1 heterocycles. The summed E-state index contributed by atoms with van der Waals surface area (Å²) < 4.78 is 34.8. The van der Waals surface area contributed by atoms with Crippen molar-refractivity contribution in [2.45, 2.75) is 235 Å². The van der Waals surface area contributed by atoms with E-state index in [9.17, 15) is 59.9 Å². The number of hydrogen-bond donors (Lipinski definition) is 9. The van der Waals surface area contributed by atoms with Gasteiger partial charge in [0.2, 0.25) is 0 Å². The number of cyclic esters (lactones) is 1. The highest BCUT2D eigenvalue weighted by Crippen LogP contribution is 2.47. The Morgan fingerprint density at radius 2 is 1.35 bits per heavy atom. The van der Waals surface area contributed by atoms with Gasteiger partial charge in [0.15, 0.2) is 6.10 Å². The van der Waals surface area contributed by atoms with Crippen LogP contribution in [0.15, 0.2) is 36.5 Å². The summed E-state index contributed by atoms with van der Waals surface area (Å²) in [6.07, 6.45) is 10.8. The summed E-state index contributed by atoms with van der Waals surface area (Å²) in [6.45, 7) is 2.84. The molecular weight excluding hydrogens is 875 g/mol. The third-order valence-electron chi connectivity index (χ3n) is 12.5. The Balaban J connectivity index is 2.09. The molecule has 0 aromatic rings. The molecule has 0 amide bonds. The quantitative estimate of drug-likeness (QED) is 0.0215. The minimum atomic E-state index is -5.43. The van der Waals surface area contributed by atoms with Gasteiger partial charge in [-0.3, -0.25) is 18.6 Å². The number of carbonyl (C=O) groups is 2. The lowest BCUT2D eigenvalue weighted by Crippen LogP contribution is -2.55. The van der Waals surface area contributed by atoms with Gasteiger partial charge in [-0.25, -0.2) is 4.57 Å². The van der Waals surface area contributed by atoms with Crippen molar-refractivity contribution < 1.29 is 78.4 Å². The number of esters is 2. The number of carbonyl (C=O) groups excluding carboxylic acids is 2. The molecule has 13 atom stereocenters. The first-order chi connectivity index (χ1) is 31.6. The second-order valence-corrected chi connectivity index (χ2v) is 19.7. The van der Waals surface area contributed by atoms with Crippen LogP contribution in [0.3, 0.4) is 0 Å². The number of hydrogen-bond acceptors (Lipinski definition) is 15. The van der Waals surface area contributed by atoms with Gasteiger partial charge in [0, 0.05) is 31.1 Å². The normalized spacial score (nSPS) is 32.0. The molecule has 16 nitrogen and oxygen atoms in total. The first-order valence-electron chi connectivity index (χ1n) is 25.0. The van der Waals surface area contributed by atoms with Crippen LogP contribution in [0.25, 0.3) is 0 Å². The minimum Gasteiger partial charge on any atom is -0.462 e. The number of aliphatic hydroxyl groups is 8. The highest BCUT2D eigenvalue weighted by Gasteiger charge is 2.49. The zero-order chi connectivity index (χ0) is 48.7. The van der Waals surface area contributed by atoms with Gasteiger partial charge in [-0.15, -0.1) is 0 Å². The molecule has 0 aromatic heterocycles. The molecule has 1 aliphatic heterocycles. The van der Waals surface area contributed by atoms with E-state index in [1.807, 2.05) is 6.92 Å². The van der Waals surface area contributed by atoms with Crippen LogP contribution in [0.5, 0.6) is 0 Å².